The Morgan fingerprint density at radius 3 is 2.47 bits per heavy atom. The normalized spacial score (nSPS) is 23.6. The Balaban J connectivity index is 2.79. The summed E-state index contributed by atoms with van der Waals surface area (Å²) in [7, 11) is 0. The Bertz CT molecular complexity index is 287. The fourth-order valence-electron chi connectivity index (χ4n) is 2.86. The SMILES string of the molecule is CCC1(CC)CC(=O)NC(=O)C1CCCCBr. The van der Waals surface area contributed by atoms with Crippen LogP contribution < -0.4 is 5.32 Å². The van der Waals surface area contributed by atoms with Gasteiger partial charge in [-0.2, -0.15) is 0 Å². The molecule has 2 amide bonds. The van der Waals surface area contributed by atoms with Gasteiger partial charge in [-0.25, -0.2) is 0 Å². The van der Waals surface area contributed by atoms with Crippen molar-refractivity contribution in [3.05, 3.63) is 0 Å². The van der Waals surface area contributed by atoms with Gasteiger partial charge in [-0.1, -0.05) is 36.2 Å². The van der Waals surface area contributed by atoms with Crippen molar-refractivity contribution in [1.29, 1.82) is 0 Å². The van der Waals surface area contributed by atoms with Crippen LogP contribution >= 0.6 is 15.9 Å². The van der Waals surface area contributed by atoms with Crippen LogP contribution in [0.25, 0.3) is 0 Å². The highest BCUT2D eigenvalue weighted by Gasteiger charge is 2.45. The van der Waals surface area contributed by atoms with Gasteiger partial charge in [0.2, 0.25) is 11.8 Å². The topological polar surface area (TPSA) is 46.2 Å². The first-order valence-corrected chi connectivity index (χ1v) is 7.61. The van der Waals surface area contributed by atoms with E-state index in [1.54, 1.807) is 0 Å². The van der Waals surface area contributed by atoms with Gasteiger partial charge in [0, 0.05) is 17.7 Å². The second-order valence-corrected chi connectivity index (χ2v) is 5.69. The number of amides is 2. The number of imide groups is 1. The predicted octanol–water partition coefficient (Wildman–Crippen LogP) is 3.02. The summed E-state index contributed by atoms with van der Waals surface area (Å²) in [5.74, 6) is -0.149. The maximum atomic E-state index is 12.0. The van der Waals surface area contributed by atoms with Gasteiger partial charge in [0.15, 0.2) is 0 Å². The largest absolute Gasteiger partial charge is 0.296 e. The zero-order chi connectivity index (χ0) is 12.9. The number of hydrogen-bond acceptors (Lipinski definition) is 2. The Morgan fingerprint density at radius 1 is 1.29 bits per heavy atom. The van der Waals surface area contributed by atoms with Crippen molar-refractivity contribution < 1.29 is 9.59 Å². The van der Waals surface area contributed by atoms with Gasteiger partial charge in [-0.3, -0.25) is 14.9 Å². The van der Waals surface area contributed by atoms with Crippen LogP contribution in [-0.2, 0) is 9.59 Å². The van der Waals surface area contributed by atoms with Crippen LogP contribution in [0.3, 0.4) is 0 Å². The molecule has 1 unspecified atom stereocenters. The van der Waals surface area contributed by atoms with E-state index in [1.165, 1.54) is 0 Å². The Hall–Kier alpha value is -0.380. The number of carbonyl (C=O) groups excluding carboxylic acids is 2. The summed E-state index contributed by atoms with van der Waals surface area (Å²) >= 11 is 3.41. The van der Waals surface area contributed by atoms with E-state index in [2.05, 4.69) is 35.1 Å². The molecule has 0 spiro atoms. The van der Waals surface area contributed by atoms with Crippen LogP contribution in [0.5, 0.6) is 0 Å². The summed E-state index contributed by atoms with van der Waals surface area (Å²) in [5.41, 5.74) is -0.105. The van der Waals surface area contributed by atoms with Gasteiger partial charge in [-0.15, -0.1) is 0 Å². The molecule has 0 saturated carbocycles. The van der Waals surface area contributed by atoms with Crippen molar-refractivity contribution in [2.24, 2.45) is 11.3 Å². The third-order valence-corrected chi connectivity index (χ3v) is 4.68. The smallest absolute Gasteiger partial charge is 0.230 e. The highest BCUT2D eigenvalue weighted by molar-refractivity contribution is 9.09. The molecule has 1 saturated heterocycles. The molecular weight excluding hydrogens is 282 g/mol. The lowest BCUT2D eigenvalue weighted by molar-refractivity contribution is -0.144. The van der Waals surface area contributed by atoms with E-state index < -0.39 is 0 Å². The molecule has 1 atom stereocenters. The van der Waals surface area contributed by atoms with Gasteiger partial charge in [-0.05, 0) is 31.1 Å². The van der Waals surface area contributed by atoms with E-state index in [4.69, 9.17) is 0 Å². The van der Waals surface area contributed by atoms with E-state index in [-0.39, 0.29) is 23.1 Å². The van der Waals surface area contributed by atoms with E-state index >= 15 is 0 Å². The highest BCUT2D eigenvalue weighted by Crippen LogP contribution is 2.43. The molecule has 0 aromatic rings. The van der Waals surface area contributed by atoms with Crippen molar-refractivity contribution in [1.82, 2.24) is 5.32 Å². The lowest BCUT2D eigenvalue weighted by atomic mass is 9.65. The summed E-state index contributed by atoms with van der Waals surface area (Å²) in [6, 6.07) is 0. The minimum atomic E-state index is -0.105. The average molecular weight is 304 g/mol. The van der Waals surface area contributed by atoms with E-state index in [9.17, 15) is 9.59 Å². The Kier molecular flexibility index (Phi) is 5.63. The summed E-state index contributed by atoms with van der Waals surface area (Å²) in [6.45, 7) is 4.18. The molecule has 1 heterocycles. The first-order chi connectivity index (χ1) is 8.09. The van der Waals surface area contributed by atoms with Gasteiger partial charge in [0.1, 0.15) is 0 Å². The molecule has 0 bridgehead atoms. The molecule has 0 aliphatic carbocycles. The minimum absolute atomic E-state index is 0.00856. The van der Waals surface area contributed by atoms with Crippen molar-refractivity contribution in [2.45, 2.75) is 52.4 Å². The zero-order valence-corrected chi connectivity index (χ0v) is 12.3. The molecule has 0 aromatic heterocycles. The number of carbonyl (C=O) groups is 2. The molecule has 4 heteroatoms. The lowest BCUT2D eigenvalue weighted by Crippen LogP contribution is -2.51. The molecule has 1 fully saturated rings. The summed E-state index contributed by atoms with van der Waals surface area (Å²) in [5, 5.41) is 3.47. The maximum Gasteiger partial charge on any atom is 0.230 e. The molecule has 1 aliphatic rings. The average Bonchev–Trinajstić information content (AvgIpc) is 2.31. The van der Waals surface area contributed by atoms with Gasteiger partial charge in [0.05, 0.1) is 0 Å². The fraction of sp³-hybridized carbons (Fsp3) is 0.846. The van der Waals surface area contributed by atoms with Crippen LogP contribution in [0.15, 0.2) is 0 Å². The molecule has 0 radical (unpaired) electrons. The van der Waals surface area contributed by atoms with Crippen LogP contribution in [0.4, 0.5) is 0 Å². The molecule has 3 nitrogen and oxygen atoms in total. The third-order valence-electron chi connectivity index (χ3n) is 4.12. The quantitative estimate of drug-likeness (QED) is 0.466. The summed E-state index contributed by atoms with van der Waals surface area (Å²) in [6.07, 6.45) is 5.33. The van der Waals surface area contributed by atoms with E-state index in [0.29, 0.717) is 6.42 Å². The summed E-state index contributed by atoms with van der Waals surface area (Å²) in [4.78, 5) is 23.5. The monoisotopic (exact) mass is 303 g/mol. The minimum Gasteiger partial charge on any atom is -0.296 e. The standard InChI is InChI=1S/C13H22BrNO2/c1-3-13(4-2)9-11(16)15-12(17)10(13)7-5-6-8-14/h10H,3-9H2,1-2H3,(H,15,16,17). The van der Waals surface area contributed by atoms with Crippen LogP contribution in [-0.4, -0.2) is 17.1 Å². The van der Waals surface area contributed by atoms with E-state index in [1.807, 2.05) is 0 Å². The molecule has 1 aliphatic heterocycles. The number of halogens is 1. The third kappa shape index (κ3) is 3.30. The first kappa shape index (κ1) is 14.7. The van der Waals surface area contributed by atoms with Crippen molar-refractivity contribution in [3.63, 3.8) is 0 Å². The van der Waals surface area contributed by atoms with E-state index in [0.717, 1.165) is 37.4 Å². The van der Waals surface area contributed by atoms with Crippen molar-refractivity contribution >= 4 is 27.7 Å². The Morgan fingerprint density at radius 2 is 1.94 bits per heavy atom. The Labute approximate surface area is 112 Å². The molecule has 1 N–H and O–H groups in total. The molecular formula is C13H22BrNO2. The first-order valence-electron chi connectivity index (χ1n) is 6.49. The number of alkyl halides is 1. The van der Waals surface area contributed by atoms with Gasteiger partial charge >= 0.3 is 0 Å². The van der Waals surface area contributed by atoms with Crippen LogP contribution in [0.1, 0.15) is 52.4 Å². The van der Waals surface area contributed by atoms with Crippen molar-refractivity contribution in [3.8, 4) is 0 Å². The number of nitrogens with one attached hydrogen (secondary N) is 1. The second-order valence-electron chi connectivity index (χ2n) is 4.90. The molecule has 1 rings (SSSR count). The molecule has 17 heavy (non-hydrogen) atoms. The maximum absolute atomic E-state index is 12.0. The van der Waals surface area contributed by atoms with Gasteiger partial charge < -0.3 is 0 Å². The summed E-state index contributed by atoms with van der Waals surface area (Å²) < 4.78 is 0. The molecule has 0 aromatic carbocycles. The lowest BCUT2D eigenvalue weighted by Gasteiger charge is -2.41. The van der Waals surface area contributed by atoms with Crippen molar-refractivity contribution in [2.75, 3.05) is 5.33 Å². The van der Waals surface area contributed by atoms with Gasteiger partial charge in [0.25, 0.3) is 0 Å². The van der Waals surface area contributed by atoms with Crippen LogP contribution in [0, 0.1) is 11.3 Å². The number of unbranched alkanes of at least 4 members (excludes halogenated alkanes) is 1. The second kappa shape index (κ2) is 6.53. The number of hydrogen-bond donors (Lipinski definition) is 1. The highest BCUT2D eigenvalue weighted by atomic mass is 79.9. The predicted molar refractivity (Wildman–Crippen MR) is 71.9 cm³/mol. The number of rotatable bonds is 6. The zero-order valence-electron chi connectivity index (χ0n) is 10.7. The number of piperidine rings is 1. The fourth-order valence-corrected chi connectivity index (χ4v) is 3.26. The molecule has 98 valence electrons. The van der Waals surface area contributed by atoms with Crippen LogP contribution in [0.2, 0.25) is 0 Å².